The zero-order valence-electron chi connectivity index (χ0n) is 11.5. The van der Waals surface area contributed by atoms with E-state index >= 15 is 0 Å². The van der Waals surface area contributed by atoms with Crippen molar-refractivity contribution in [1.82, 2.24) is 10.6 Å². The van der Waals surface area contributed by atoms with E-state index in [0.717, 1.165) is 19.0 Å². The van der Waals surface area contributed by atoms with Crippen LogP contribution in [0.4, 0.5) is 0 Å². The SMILES string of the molecule is CCNC(=NCCS(=O)C(C)(C)C)NCC.I. The van der Waals surface area contributed by atoms with Gasteiger partial charge in [-0.3, -0.25) is 9.20 Å². The fourth-order valence-electron chi connectivity index (χ4n) is 1.06. The number of nitrogens with one attached hydrogen (secondary N) is 2. The first-order valence-corrected chi connectivity index (χ1v) is 7.14. The number of guanidine groups is 1. The summed E-state index contributed by atoms with van der Waals surface area (Å²) in [7, 11) is -0.824. The quantitative estimate of drug-likeness (QED) is 0.437. The van der Waals surface area contributed by atoms with Crippen molar-refractivity contribution in [2.24, 2.45) is 4.99 Å². The predicted octanol–water partition coefficient (Wildman–Crippen LogP) is 1.73. The predicted molar refractivity (Wildman–Crippen MR) is 87.8 cm³/mol. The molecular weight excluding hydrogens is 349 g/mol. The van der Waals surface area contributed by atoms with Gasteiger partial charge in [0.25, 0.3) is 0 Å². The van der Waals surface area contributed by atoms with Crippen LogP contribution >= 0.6 is 24.0 Å². The summed E-state index contributed by atoms with van der Waals surface area (Å²) >= 11 is 0. The molecular formula is C11H26IN3OS. The largest absolute Gasteiger partial charge is 0.357 e. The van der Waals surface area contributed by atoms with Crippen LogP contribution in [0.1, 0.15) is 34.6 Å². The first-order valence-electron chi connectivity index (χ1n) is 5.82. The molecule has 4 nitrogen and oxygen atoms in total. The van der Waals surface area contributed by atoms with E-state index in [2.05, 4.69) is 15.6 Å². The zero-order chi connectivity index (χ0) is 12.6. The summed E-state index contributed by atoms with van der Waals surface area (Å²) in [4.78, 5) is 4.36. The van der Waals surface area contributed by atoms with Crippen LogP contribution in [0.5, 0.6) is 0 Å². The second-order valence-corrected chi connectivity index (χ2v) is 6.78. The molecule has 0 saturated heterocycles. The van der Waals surface area contributed by atoms with E-state index in [0.29, 0.717) is 12.3 Å². The van der Waals surface area contributed by atoms with Gasteiger partial charge < -0.3 is 10.6 Å². The Morgan fingerprint density at radius 3 is 2.00 bits per heavy atom. The summed E-state index contributed by atoms with van der Waals surface area (Å²) in [5.74, 6) is 1.42. The standard InChI is InChI=1S/C11H25N3OS.HI/c1-6-12-10(13-7-2)14-8-9-16(15)11(3,4)5;/h6-9H2,1-5H3,(H2,12,13,14);1H. The van der Waals surface area contributed by atoms with Gasteiger partial charge in [-0.25, -0.2) is 0 Å². The number of hydrogen-bond acceptors (Lipinski definition) is 2. The minimum absolute atomic E-state index is 0. The van der Waals surface area contributed by atoms with Crippen molar-refractivity contribution < 1.29 is 4.21 Å². The summed E-state index contributed by atoms with van der Waals surface area (Å²) in [5, 5.41) is 6.27. The van der Waals surface area contributed by atoms with Gasteiger partial charge in [-0.05, 0) is 34.6 Å². The Kier molecular flexibility index (Phi) is 11.6. The minimum Gasteiger partial charge on any atom is -0.357 e. The number of nitrogens with zero attached hydrogens (tertiary/aromatic N) is 1. The van der Waals surface area contributed by atoms with Crippen molar-refractivity contribution in [2.75, 3.05) is 25.4 Å². The molecule has 17 heavy (non-hydrogen) atoms. The number of halogens is 1. The van der Waals surface area contributed by atoms with Gasteiger partial charge in [-0.1, -0.05) is 0 Å². The lowest BCUT2D eigenvalue weighted by Gasteiger charge is -2.17. The molecule has 0 aliphatic carbocycles. The molecule has 2 N–H and O–H groups in total. The van der Waals surface area contributed by atoms with Crippen LogP contribution in [0.3, 0.4) is 0 Å². The summed E-state index contributed by atoms with van der Waals surface area (Å²) in [6, 6.07) is 0. The fourth-order valence-corrected chi connectivity index (χ4v) is 1.93. The van der Waals surface area contributed by atoms with Crippen LogP contribution in [0.2, 0.25) is 0 Å². The van der Waals surface area contributed by atoms with Crippen molar-refractivity contribution in [3.63, 3.8) is 0 Å². The third-order valence-electron chi connectivity index (χ3n) is 1.92. The molecule has 0 spiro atoms. The lowest BCUT2D eigenvalue weighted by atomic mass is 10.3. The molecule has 0 amide bonds. The molecule has 0 aromatic rings. The number of rotatable bonds is 5. The molecule has 0 aliphatic rings. The van der Waals surface area contributed by atoms with Gasteiger partial charge in [0, 0.05) is 34.4 Å². The maximum atomic E-state index is 11.8. The maximum Gasteiger partial charge on any atom is 0.191 e. The summed E-state index contributed by atoms with van der Waals surface area (Å²) in [5.41, 5.74) is 0. The van der Waals surface area contributed by atoms with Crippen molar-refractivity contribution in [3.05, 3.63) is 0 Å². The van der Waals surface area contributed by atoms with E-state index < -0.39 is 10.8 Å². The fraction of sp³-hybridized carbons (Fsp3) is 0.909. The Morgan fingerprint density at radius 2 is 1.65 bits per heavy atom. The van der Waals surface area contributed by atoms with Gasteiger partial charge in [-0.2, -0.15) is 0 Å². The monoisotopic (exact) mass is 375 g/mol. The highest BCUT2D eigenvalue weighted by atomic mass is 127. The highest BCUT2D eigenvalue weighted by molar-refractivity contribution is 14.0. The molecule has 1 atom stereocenters. The minimum atomic E-state index is -0.824. The topological polar surface area (TPSA) is 53.5 Å². The summed E-state index contributed by atoms with van der Waals surface area (Å²) in [6.07, 6.45) is 0. The maximum absolute atomic E-state index is 11.8. The third kappa shape index (κ3) is 9.82. The first kappa shape index (κ1) is 19.5. The number of hydrogen-bond donors (Lipinski definition) is 2. The Labute approximate surface area is 125 Å². The van der Waals surface area contributed by atoms with Crippen LogP contribution in [0, 0.1) is 0 Å². The van der Waals surface area contributed by atoms with E-state index in [-0.39, 0.29) is 28.7 Å². The van der Waals surface area contributed by atoms with Crippen LogP contribution in [-0.4, -0.2) is 40.3 Å². The van der Waals surface area contributed by atoms with Gasteiger partial charge in [0.05, 0.1) is 6.54 Å². The Bertz CT molecular complexity index is 244. The van der Waals surface area contributed by atoms with Crippen molar-refractivity contribution in [2.45, 2.75) is 39.4 Å². The van der Waals surface area contributed by atoms with Crippen molar-refractivity contribution >= 4 is 40.7 Å². The Morgan fingerprint density at radius 1 is 1.18 bits per heavy atom. The van der Waals surface area contributed by atoms with Crippen LogP contribution in [0.25, 0.3) is 0 Å². The smallest absolute Gasteiger partial charge is 0.191 e. The second kappa shape index (κ2) is 10.1. The molecule has 0 saturated carbocycles. The summed E-state index contributed by atoms with van der Waals surface area (Å²) in [6.45, 7) is 12.3. The lowest BCUT2D eigenvalue weighted by Crippen LogP contribution is -2.37. The molecule has 0 aliphatic heterocycles. The molecule has 0 heterocycles. The van der Waals surface area contributed by atoms with Crippen LogP contribution in [-0.2, 0) is 10.8 Å². The average Bonchev–Trinajstić information content (AvgIpc) is 2.16. The average molecular weight is 375 g/mol. The van der Waals surface area contributed by atoms with E-state index in [1.54, 1.807) is 0 Å². The van der Waals surface area contributed by atoms with Crippen molar-refractivity contribution in [1.29, 1.82) is 0 Å². The highest BCUT2D eigenvalue weighted by Crippen LogP contribution is 2.10. The van der Waals surface area contributed by atoms with Gasteiger partial charge in [0.15, 0.2) is 5.96 Å². The number of aliphatic imine (C=N–C) groups is 1. The van der Waals surface area contributed by atoms with Gasteiger partial charge in [0.2, 0.25) is 0 Å². The van der Waals surface area contributed by atoms with Crippen molar-refractivity contribution in [3.8, 4) is 0 Å². The molecule has 0 aromatic carbocycles. The molecule has 0 rings (SSSR count). The lowest BCUT2D eigenvalue weighted by molar-refractivity contribution is 0.648. The third-order valence-corrected chi connectivity index (χ3v) is 3.84. The second-order valence-electron chi connectivity index (χ2n) is 4.45. The zero-order valence-corrected chi connectivity index (χ0v) is 14.6. The molecule has 1 unspecified atom stereocenters. The van der Waals surface area contributed by atoms with E-state index in [1.807, 2.05) is 34.6 Å². The molecule has 0 aromatic heterocycles. The van der Waals surface area contributed by atoms with Gasteiger partial charge >= 0.3 is 0 Å². The van der Waals surface area contributed by atoms with Gasteiger partial charge in [-0.15, -0.1) is 24.0 Å². The van der Waals surface area contributed by atoms with Gasteiger partial charge in [0.1, 0.15) is 0 Å². The Hall–Kier alpha value is 0.150. The molecule has 0 radical (unpaired) electrons. The van der Waals surface area contributed by atoms with E-state index in [9.17, 15) is 4.21 Å². The Balaban J connectivity index is 0. The van der Waals surface area contributed by atoms with Crippen LogP contribution < -0.4 is 10.6 Å². The normalized spacial score (nSPS) is 12.3. The van der Waals surface area contributed by atoms with E-state index in [1.165, 1.54) is 0 Å². The molecule has 0 fully saturated rings. The highest BCUT2D eigenvalue weighted by Gasteiger charge is 2.18. The molecule has 104 valence electrons. The summed E-state index contributed by atoms with van der Waals surface area (Å²) < 4.78 is 11.6. The van der Waals surface area contributed by atoms with Crippen LogP contribution in [0.15, 0.2) is 4.99 Å². The molecule has 0 bridgehead atoms. The van der Waals surface area contributed by atoms with E-state index in [4.69, 9.17) is 0 Å². The molecule has 6 heteroatoms. The first-order chi connectivity index (χ1) is 7.41.